The molecule has 2 aliphatic rings. The zero-order chi connectivity index (χ0) is 16.5. The van der Waals surface area contributed by atoms with E-state index in [0.717, 1.165) is 36.5 Å². The van der Waals surface area contributed by atoms with E-state index in [0.29, 0.717) is 24.6 Å². The third kappa shape index (κ3) is 3.38. The molecule has 0 aliphatic carbocycles. The van der Waals surface area contributed by atoms with Crippen molar-refractivity contribution in [1.29, 1.82) is 0 Å². The molecule has 23 heavy (non-hydrogen) atoms. The first-order chi connectivity index (χ1) is 11.0. The van der Waals surface area contributed by atoms with Crippen LogP contribution in [-0.2, 0) is 14.8 Å². The highest BCUT2D eigenvalue weighted by Gasteiger charge is 2.42. The maximum Gasteiger partial charge on any atom is 0.243 e. The molecule has 7 heteroatoms. The van der Waals surface area contributed by atoms with Gasteiger partial charge in [-0.1, -0.05) is 0 Å². The molecule has 0 bridgehead atoms. The number of hydrogen-bond donors (Lipinski definition) is 0. The molecule has 0 amide bonds. The van der Waals surface area contributed by atoms with Crippen LogP contribution in [0.3, 0.4) is 0 Å². The molecule has 3 rings (SSSR count). The average molecular weight is 357 g/mol. The van der Waals surface area contributed by atoms with Gasteiger partial charge in [0.05, 0.1) is 18.1 Å². The fourth-order valence-corrected chi connectivity index (χ4v) is 5.81. The standard InChI is InChI=1S/C16H23NO4S2/c1-3-20-15-5-4-14(12-13(15)2)23(18,19)17-8-6-16(7-9-17)21-10-11-22-16/h4-5,12H,3,6-11H2,1-2H3. The van der Waals surface area contributed by atoms with Crippen molar-refractivity contribution in [1.82, 2.24) is 4.31 Å². The number of thioether (sulfide) groups is 1. The van der Waals surface area contributed by atoms with Gasteiger partial charge in [0.25, 0.3) is 0 Å². The van der Waals surface area contributed by atoms with Gasteiger partial charge in [-0.3, -0.25) is 0 Å². The third-order valence-corrected chi connectivity index (χ3v) is 7.70. The smallest absolute Gasteiger partial charge is 0.243 e. The van der Waals surface area contributed by atoms with Crippen molar-refractivity contribution in [3.8, 4) is 5.75 Å². The number of aryl methyl sites for hydroxylation is 1. The maximum atomic E-state index is 12.8. The minimum atomic E-state index is -3.45. The monoisotopic (exact) mass is 357 g/mol. The molecule has 1 aromatic rings. The lowest BCUT2D eigenvalue weighted by Crippen LogP contribution is -2.44. The number of hydrogen-bond acceptors (Lipinski definition) is 5. The van der Waals surface area contributed by atoms with Gasteiger partial charge < -0.3 is 9.47 Å². The van der Waals surface area contributed by atoms with Crippen LogP contribution in [0.15, 0.2) is 23.1 Å². The molecule has 0 atom stereocenters. The normalized spacial score (nSPS) is 21.7. The van der Waals surface area contributed by atoms with E-state index >= 15 is 0 Å². The summed E-state index contributed by atoms with van der Waals surface area (Å²) in [6.45, 7) is 6.16. The topological polar surface area (TPSA) is 55.8 Å². The van der Waals surface area contributed by atoms with E-state index in [1.165, 1.54) is 0 Å². The molecule has 1 aromatic carbocycles. The Hall–Kier alpha value is -0.760. The summed E-state index contributed by atoms with van der Waals surface area (Å²) in [5, 5.41) is 0. The Labute approximate surface area is 142 Å². The van der Waals surface area contributed by atoms with Crippen LogP contribution in [-0.4, -0.2) is 49.7 Å². The molecule has 0 N–H and O–H groups in total. The van der Waals surface area contributed by atoms with E-state index in [2.05, 4.69) is 0 Å². The highest BCUT2D eigenvalue weighted by Crippen LogP contribution is 2.42. The Morgan fingerprint density at radius 3 is 2.65 bits per heavy atom. The van der Waals surface area contributed by atoms with Gasteiger partial charge in [0.2, 0.25) is 10.0 Å². The van der Waals surface area contributed by atoms with Gasteiger partial charge in [0.1, 0.15) is 10.7 Å². The van der Waals surface area contributed by atoms with Gasteiger partial charge in [-0.25, -0.2) is 8.42 Å². The van der Waals surface area contributed by atoms with E-state index in [4.69, 9.17) is 9.47 Å². The Balaban J connectivity index is 1.75. The molecule has 2 aliphatic heterocycles. The summed E-state index contributed by atoms with van der Waals surface area (Å²) in [6.07, 6.45) is 1.51. The van der Waals surface area contributed by atoms with Crippen molar-refractivity contribution < 1.29 is 17.9 Å². The van der Waals surface area contributed by atoms with Crippen molar-refractivity contribution in [3.05, 3.63) is 23.8 Å². The average Bonchev–Trinajstić information content (AvgIpc) is 2.98. The van der Waals surface area contributed by atoms with Gasteiger partial charge >= 0.3 is 0 Å². The zero-order valence-electron chi connectivity index (χ0n) is 13.6. The Morgan fingerprint density at radius 2 is 2.09 bits per heavy atom. The van der Waals surface area contributed by atoms with Gasteiger partial charge in [-0.05, 0) is 50.5 Å². The lowest BCUT2D eigenvalue weighted by Gasteiger charge is -2.37. The van der Waals surface area contributed by atoms with Crippen molar-refractivity contribution in [2.45, 2.75) is 36.5 Å². The van der Waals surface area contributed by atoms with Crippen molar-refractivity contribution in [3.63, 3.8) is 0 Å². The molecule has 1 spiro atoms. The highest BCUT2D eigenvalue weighted by molar-refractivity contribution is 8.00. The largest absolute Gasteiger partial charge is 0.494 e. The molecule has 0 unspecified atom stereocenters. The minimum Gasteiger partial charge on any atom is -0.494 e. The van der Waals surface area contributed by atoms with Crippen LogP contribution < -0.4 is 4.74 Å². The summed E-state index contributed by atoms with van der Waals surface area (Å²) in [5.74, 6) is 1.74. The second-order valence-electron chi connectivity index (χ2n) is 5.87. The summed E-state index contributed by atoms with van der Waals surface area (Å²) in [7, 11) is -3.45. The minimum absolute atomic E-state index is 0.152. The van der Waals surface area contributed by atoms with Crippen molar-refractivity contribution >= 4 is 21.8 Å². The van der Waals surface area contributed by atoms with E-state index < -0.39 is 10.0 Å². The summed E-state index contributed by atoms with van der Waals surface area (Å²) in [6, 6.07) is 5.08. The molecule has 2 saturated heterocycles. The van der Waals surface area contributed by atoms with E-state index in [1.54, 1.807) is 22.5 Å². The molecule has 128 valence electrons. The fraction of sp³-hybridized carbons (Fsp3) is 0.625. The lowest BCUT2D eigenvalue weighted by molar-refractivity contribution is 0.0162. The van der Waals surface area contributed by atoms with Gasteiger partial charge in [0, 0.05) is 18.8 Å². The SMILES string of the molecule is CCOc1ccc(S(=O)(=O)N2CCC3(CC2)OCCS3)cc1C. The first kappa shape index (κ1) is 17.1. The third-order valence-electron chi connectivity index (χ3n) is 4.38. The van der Waals surface area contributed by atoms with Crippen LogP contribution in [0.2, 0.25) is 0 Å². The summed E-state index contributed by atoms with van der Waals surface area (Å²) < 4.78 is 38.6. The first-order valence-corrected chi connectivity index (χ1v) is 10.4. The van der Waals surface area contributed by atoms with Gasteiger partial charge in [-0.15, -0.1) is 11.8 Å². The summed E-state index contributed by atoms with van der Waals surface area (Å²) in [4.78, 5) is 0.190. The number of nitrogens with zero attached hydrogens (tertiary/aromatic N) is 1. The predicted molar refractivity (Wildman–Crippen MR) is 91.5 cm³/mol. The van der Waals surface area contributed by atoms with E-state index in [-0.39, 0.29) is 4.93 Å². The first-order valence-electron chi connectivity index (χ1n) is 7.98. The number of sulfonamides is 1. The summed E-state index contributed by atoms with van der Waals surface area (Å²) in [5.41, 5.74) is 0.844. The van der Waals surface area contributed by atoms with Crippen LogP contribution in [0.1, 0.15) is 25.3 Å². The molecular weight excluding hydrogens is 334 g/mol. The predicted octanol–water partition coefficient (Wildman–Crippen LogP) is 2.64. The molecule has 5 nitrogen and oxygen atoms in total. The second-order valence-corrected chi connectivity index (χ2v) is 9.25. The molecule has 0 radical (unpaired) electrons. The molecule has 2 fully saturated rings. The Kier molecular flexibility index (Phi) is 4.92. The number of benzene rings is 1. The highest BCUT2D eigenvalue weighted by atomic mass is 32.2. The summed E-state index contributed by atoms with van der Waals surface area (Å²) >= 11 is 1.82. The molecule has 2 heterocycles. The van der Waals surface area contributed by atoms with Crippen molar-refractivity contribution in [2.75, 3.05) is 32.1 Å². The lowest BCUT2D eigenvalue weighted by atomic mass is 10.1. The van der Waals surface area contributed by atoms with Crippen LogP contribution in [0.4, 0.5) is 0 Å². The Morgan fingerprint density at radius 1 is 1.35 bits per heavy atom. The van der Waals surface area contributed by atoms with Crippen LogP contribution in [0.25, 0.3) is 0 Å². The number of ether oxygens (including phenoxy) is 2. The molecular formula is C16H23NO4S2. The van der Waals surface area contributed by atoms with E-state index in [9.17, 15) is 8.42 Å². The maximum absolute atomic E-state index is 12.8. The van der Waals surface area contributed by atoms with Crippen molar-refractivity contribution in [2.24, 2.45) is 0 Å². The van der Waals surface area contributed by atoms with Gasteiger partial charge in [-0.2, -0.15) is 4.31 Å². The van der Waals surface area contributed by atoms with E-state index in [1.807, 2.05) is 25.6 Å². The number of piperidine rings is 1. The van der Waals surface area contributed by atoms with Crippen LogP contribution >= 0.6 is 11.8 Å². The number of rotatable bonds is 4. The van der Waals surface area contributed by atoms with Crippen LogP contribution in [0, 0.1) is 6.92 Å². The van der Waals surface area contributed by atoms with Crippen LogP contribution in [0.5, 0.6) is 5.75 Å². The zero-order valence-corrected chi connectivity index (χ0v) is 15.2. The Bertz CT molecular complexity index is 659. The second kappa shape index (κ2) is 6.63. The van der Waals surface area contributed by atoms with Gasteiger partial charge in [0.15, 0.2) is 0 Å². The fourth-order valence-electron chi connectivity index (χ4n) is 3.10. The quantitative estimate of drug-likeness (QED) is 0.829. The molecule has 0 saturated carbocycles. The molecule has 0 aromatic heterocycles.